The molecular weight excluding hydrogens is 378 g/mol. The van der Waals surface area contributed by atoms with E-state index >= 15 is 0 Å². The van der Waals surface area contributed by atoms with Crippen LogP contribution in [0.3, 0.4) is 0 Å². The summed E-state index contributed by atoms with van der Waals surface area (Å²) < 4.78 is 16.3. The number of carbonyl (C=O) groups is 1. The topological polar surface area (TPSA) is 86.5 Å². The van der Waals surface area contributed by atoms with Gasteiger partial charge in [0.2, 0.25) is 18.6 Å². The number of rotatable bonds is 7. The molecule has 0 spiro atoms. The van der Waals surface area contributed by atoms with Crippen molar-refractivity contribution in [1.82, 2.24) is 15.5 Å². The van der Waals surface area contributed by atoms with Crippen LogP contribution in [-0.4, -0.2) is 35.2 Å². The number of nitrogens with zero attached hydrogens (tertiary/aromatic N) is 2. The van der Waals surface area contributed by atoms with Crippen LogP contribution in [0.4, 0.5) is 0 Å². The number of benzene rings is 2. The van der Waals surface area contributed by atoms with E-state index in [9.17, 15) is 4.79 Å². The minimum Gasteiger partial charge on any atom is -0.454 e. The summed E-state index contributed by atoms with van der Waals surface area (Å²) in [7, 11) is 0. The fraction of sp³-hybridized carbons (Fsp3) is 0.250. The van der Waals surface area contributed by atoms with E-state index in [1.165, 1.54) is 17.3 Å². The summed E-state index contributed by atoms with van der Waals surface area (Å²) in [5.41, 5.74) is 1.94. The SMILES string of the molecule is CC(CNC(=O)CSc1nnc(-c2ccc3c(c2)OCO3)o1)c1ccccc1. The normalized spacial score (nSPS) is 13.3. The zero-order valence-electron chi connectivity index (χ0n) is 15.3. The molecule has 7 nitrogen and oxygen atoms in total. The zero-order chi connectivity index (χ0) is 19.3. The third kappa shape index (κ3) is 4.28. The van der Waals surface area contributed by atoms with Crippen molar-refractivity contribution in [2.24, 2.45) is 0 Å². The fourth-order valence-electron chi connectivity index (χ4n) is 2.76. The largest absolute Gasteiger partial charge is 0.454 e. The van der Waals surface area contributed by atoms with Gasteiger partial charge in [0.05, 0.1) is 5.75 Å². The number of ether oxygens (including phenoxy) is 2. The Hall–Kier alpha value is -3.00. The van der Waals surface area contributed by atoms with Gasteiger partial charge in [-0.15, -0.1) is 10.2 Å². The molecule has 1 N–H and O–H groups in total. The monoisotopic (exact) mass is 397 g/mol. The highest BCUT2D eigenvalue weighted by Gasteiger charge is 2.17. The molecule has 0 aliphatic carbocycles. The van der Waals surface area contributed by atoms with Gasteiger partial charge in [0.15, 0.2) is 11.5 Å². The van der Waals surface area contributed by atoms with E-state index in [1.807, 2.05) is 24.3 Å². The molecule has 1 aliphatic heterocycles. The van der Waals surface area contributed by atoms with Crippen molar-refractivity contribution in [3.8, 4) is 23.0 Å². The average molecular weight is 397 g/mol. The molecule has 0 radical (unpaired) electrons. The number of thioether (sulfide) groups is 1. The minimum absolute atomic E-state index is 0.0735. The van der Waals surface area contributed by atoms with E-state index in [0.29, 0.717) is 29.2 Å². The van der Waals surface area contributed by atoms with E-state index in [-0.39, 0.29) is 24.4 Å². The lowest BCUT2D eigenvalue weighted by atomic mass is 10.0. The number of hydrogen-bond acceptors (Lipinski definition) is 7. The molecule has 4 rings (SSSR count). The fourth-order valence-corrected chi connectivity index (χ4v) is 3.35. The number of fused-ring (bicyclic) bond motifs is 1. The highest BCUT2D eigenvalue weighted by molar-refractivity contribution is 7.99. The molecule has 1 amide bonds. The molecule has 3 aromatic rings. The van der Waals surface area contributed by atoms with Crippen LogP contribution >= 0.6 is 11.8 Å². The number of hydrogen-bond donors (Lipinski definition) is 1. The van der Waals surface area contributed by atoms with Gasteiger partial charge in [-0.25, -0.2) is 0 Å². The Morgan fingerprint density at radius 2 is 1.96 bits per heavy atom. The van der Waals surface area contributed by atoms with Crippen molar-refractivity contribution in [2.75, 3.05) is 19.1 Å². The van der Waals surface area contributed by atoms with Gasteiger partial charge >= 0.3 is 0 Å². The van der Waals surface area contributed by atoms with E-state index < -0.39 is 0 Å². The van der Waals surface area contributed by atoms with Gasteiger partial charge in [0, 0.05) is 12.1 Å². The zero-order valence-corrected chi connectivity index (χ0v) is 16.1. The van der Waals surface area contributed by atoms with Crippen molar-refractivity contribution in [2.45, 2.75) is 18.1 Å². The van der Waals surface area contributed by atoms with Gasteiger partial charge < -0.3 is 19.2 Å². The first-order chi connectivity index (χ1) is 13.7. The first-order valence-electron chi connectivity index (χ1n) is 8.87. The molecule has 0 saturated heterocycles. The Labute approximate surface area is 166 Å². The lowest BCUT2D eigenvalue weighted by Gasteiger charge is -2.12. The Bertz CT molecular complexity index is 961. The van der Waals surface area contributed by atoms with E-state index in [4.69, 9.17) is 13.9 Å². The Balaban J connectivity index is 1.28. The summed E-state index contributed by atoms with van der Waals surface area (Å²) in [6.45, 7) is 2.87. The lowest BCUT2D eigenvalue weighted by molar-refractivity contribution is -0.118. The lowest BCUT2D eigenvalue weighted by Crippen LogP contribution is -2.28. The Morgan fingerprint density at radius 1 is 1.14 bits per heavy atom. The number of nitrogens with one attached hydrogen (secondary N) is 1. The second kappa shape index (κ2) is 8.35. The highest BCUT2D eigenvalue weighted by Crippen LogP contribution is 2.35. The minimum atomic E-state index is -0.0735. The van der Waals surface area contributed by atoms with Gasteiger partial charge in [0.25, 0.3) is 5.22 Å². The van der Waals surface area contributed by atoms with Crippen LogP contribution in [0.5, 0.6) is 11.5 Å². The molecule has 1 aliphatic rings. The van der Waals surface area contributed by atoms with Crippen LogP contribution in [0.15, 0.2) is 58.2 Å². The number of amides is 1. The molecule has 28 heavy (non-hydrogen) atoms. The number of aromatic nitrogens is 2. The quantitative estimate of drug-likeness (QED) is 0.611. The molecule has 1 aromatic heterocycles. The smallest absolute Gasteiger partial charge is 0.277 e. The third-order valence-corrected chi connectivity index (χ3v) is 5.15. The second-order valence-electron chi connectivity index (χ2n) is 6.35. The standard InChI is InChI=1S/C20H19N3O4S/c1-13(14-5-3-2-4-6-14)10-21-18(24)11-28-20-23-22-19(27-20)15-7-8-16-17(9-15)26-12-25-16/h2-9,13H,10-12H2,1H3,(H,21,24). The predicted octanol–water partition coefficient (Wildman–Crippen LogP) is 3.48. The first-order valence-corrected chi connectivity index (χ1v) is 9.85. The van der Waals surface area contributed by atoms with E-state index in [1.54, 1.807) is 12.1 Å². The van der Waals surface area contributed by atoms with Crippen molar-refractivity contribution in [1.29, 1.82) is 0 Å². The van der Waals surface area contributed by atoms with E-state index in [0.717, 1.165) is 5.56 Å². The van der Waals surface area contributed by atoms with Gasteiger partial charge in [-0.2, -0.15) is 0 Å². The predicted molar refractivity (Wildman–Crippen MR) is 104 cm³/mol. The van der Waals surface area contributed by atoms with Crippen LogP contribution in [0.1, 0.15) is 18.4 Å². The van der Waals surface area contributed by atoms with Crippen molar-refractivity contribution >= 4 is 17.7 Å². The Kier molecular flexibility index (Phi) is 5.48. The van der Waals surface area contributed by atoms with Crippen LogP contribution < -0.4 is 14.8 Å². The van der Waals surface area contributed by atoms with Crippen LogP contribution in [0.2, 0.25) is 0 Å². The van der Waals surface area contributed by atoms with Gasteiger partial charge in [-0.3, -0.25) is 4.79 Å². The molecule has 8 heteroatoms. The van der Waals surface area contributed by atoms with Crippen LogP contribution in [0, 0.1) is 0 Å². The molecule has 0 saturated carbocycles. The molecule has 0 fully saturated rings. The number of carbonyl (C=O) groups excluding carboxylic acids is 1. The summed E-state index contributed by atoms with van der Waals surface area (Å²) in [5.74, 6) is 2.10. The van der Waals surface area contributed by atoms with E-state index in [2.05, 4.69) is 34.6 Å². The van der Waals surface area contributed by atoms with Crippen molar-refractivity contribution < 1.29 is 18.7 Å². The maximum Gasteiger partial charge on any atom is 0.277 e. The summed E-state index contributed by atoms with van der Waals surface area (Å²) in [6.07, 6.45) is 0. The maximum atomic E-state index is 12.1. The molecule has 1 unspecified atom stereocenters. The van der Waals surface area contributed by atoms with Gasteiger partial charge in [-0.1, -0.05) is 49.0 Å². The molecule has 144 valence electrons. The van der Waals surface area contributed by atoms with Gasteiger partial charge in [-0.05, 0) is 29.7 Å². The van der Waals surface area contributed by atoms with Crippen LogP contribution in [0.25, 0.3) is 11.5 Å². The summed E-state index contributed by atoms with van der Waals surface area (Å²) in [4.78, 5) is 12.1. The molecule has 0 bridgehead atoms. The average Bonchev–Trinajstić information content (AvgIpc) is 3.39. The third-order valence-electron chi connectivity index (χ3n) is 4.33. The maximum absolute atomic E-state index is 12.1. The van der Waals surface area contributed by atoms with Crippen molar-refractivity contribution in [3.05, 3.63) is 54.1 Å². The highest BCUT2D eigenvalue weighted by atomic mass is 32.2. The summed E-state index contributed by atoms with van der Waals surface area (Å²) >= 11 is 1.21. The molecular formula is C20H19N3O4S. The Morgan fingerprint density at radius 3 is 2.82 bits per heavy atom. The molecule has 2 heterocycles. The second-order valence-corrected chi connectivity index (χ2v) is 7.27. The van der Waals surface area contributed by atoms with Crippen LogP contribution in [-0.2, 0) is 4.79 Å². The van der Waals surface area contributed by atoms with Crippen molar-refractivity contribution in [3.63, 3.8) is 0 Å². The molecule has 1 atom stereocenters. The molecule has 2 aromatic carbocycles. The van der Waals surface area contributed by atoms with Gasteiger partial charge in [0.1, 0.15) is 0 Å². The summed E-state index contributed by atoms with van der Waals surface area (Å²) in [6, 6.07) is 15.5. The first kappa shape index (κ1) is 18.4. The summed E-state index contributed by atoms with van der Waals surface area (Å²) in [5, 5.41) is 11.3.